The molecule has 0 saturated carbocycles. The highest BCUT2D eigenvalue weighted by Gasteiger charge is 2.17. The number of aromatic nitrogens is 4. The number of hydrogen-bond donors (Lipinski definition) is 2. The van der Waals surface area contributed by atoms with E-state index >= 15 is 0 Å². The van der Waals surface area contributed by atoms with Crippen LogP contribution in [0.5, 0.6) is 0 Å². The molecule has 4 heterocycles. The summed E-state index contributed by atoms with van der Waals surface area (Å²) in [5.74, 6) is 0. The van der Waals surface area contributed by atoms with Crippen LogP contribution in [0.15, 0.2) is 243 Å². The lowest BCUT2D eigenvalue weighted by Crippen LogP contribution is -2.29. The van der Waals surface area contributed by atoms with Gasteiger partial charge >= 0.3 is 7.12 Å². The zero-order valence-electron chi connectivity index (χ0n) is 42.5. The van der Waals surface area contributed by atoms with Crippen molar-refractivity contribution in [2.75, 3.05) is 0 Å². The van der Waals surface area contributed by atoms with Gasteiger partial charge in [0, 0.05) is 67.5 Å². The summed E-state index contributed by atoms with van der Waals surface area (Å²) < 4.78 is 5.14. The van der Waals surface area contributed by atoms with Crippen LogP contribution in [0.4, 0.5) is 0 Å². The van der Waals surface area contributed by atoms with E-state index in [-0.39, 0.29) is 7.43 Å². The fourth-order valence-corrected chi connectivity index (χ4v) is 13.6. The summed E-state index contributed by atoms with van der Waals surface area (Å²) in [6, 6.07) is 79.5. The molecule has 16 rings (SSSR count). The van der Waals surface area contributed by atoms with Crippen LogP contribution in [-0.4, -0.2) is 37.1 Å². The maximum Gasteiger partial charge on any atom is 0.488 e. The molecule has 0 radical (unpaired) electrons. The van der Waals surface area contributed by atoms with Gasteiger partial charge in [-0.05, 0) is 67.5 Å². The van der Waals surface area contributed by atoms with Crippen molar-refractivity contribution in [2.45, 2.75) is 0 Å². The van der Waals surface area contributed by atoms with Crippen LogP contribution in [0.3, 0.4) is 0 Å². The third-order valence-electron chi connectivity index (χ3n) is 14.6. The fourth-order valence-electron chi connectivity index (χ4n) is 11.0. The van der Waals surface area contributed by atoms with Crippen molar-refractivity contribution >= 4 is 152 Å². The van der Waals surface area contributed by atoms with Crippen molar-refractivity contribution in [2.24, 2.45) is 0 Å². The zero-order valence-corrected chi connectivity index (χ0v) is 44.9. The first-order valence-electron chi connectivity index (χ1n) is 25.6. The fraction of sp³-hybridized carbons (Fsp3) is 0. The maximum atomic E-state index is 9.38. The Hall–Kier alpha value is -8.93. The molecule has 12 aromatic carbocycles. The van der Waals surface area contributed by atoms with Crippen LogP contribution < -0.4 is 5.46 Å². The lowest BCUT2D eigenvalue weighted by molar-refractivity contribution is 0.426. The highest BCUT2D eigenvalue weighted by Crippen LogP contribution is 2.42. The predicted molar refractivity (Wildman–Crippen MR) is 339 cm³/mol. The highest BCUT2D eigenvalue weighted by molar-refractivity contribution is 7.26. The van der Waals surface area contributed by atoms with Crippen LogP contribution in [0, 0.1) is 7.43 Å². The van der Waals surface area contributed by atoms with Crippen molar-refractivity contribution in [3.8, 4) is 33.5 Å². The molecule has 0 unspecified atom stereocenters. The molecule has 0 aliphatic rings. The average Bonchev–Trinajstić information content (AvgIpc) is 4.30. The molecule has 0 saturated heterocycles. The largest absolute Gasteiger partial charge is 0.488 e. The number of benzene rings is 12. The third-order valence-corrected chi connectivity index (χ3v) is 17.2. The molecule has 0 atom stereocenters. The van der Waals surface area contributed by atoms with Gasteiger partial charge in [0.1, 0.15) is 5.15 Å². The molecule has 4 aromatic heterocycles. The first-order valence-corrected chi connectivity index (χ1v) is 27.6. The number of hydrogen-bond acceptors (Lipinski definition) is 8. The molecule has 0 aliphatic heterocycles. The molecule has 10 heteroatoms. The topological polar surface area (TPSA) is 92.0 Å². The van der Waals surface area contributed by atoms with Gasteiger partial charge in [0.15, 0.2) is 0 Å². The van der Waals surface area contributed by atoms with E-state index in [1.165, 1.54) is 73.0 Å². The van der Waals surface area contributed by atoms with E-state index < -0.39 is 7.12 Å². The Bertz CT molecular complexity index is 4950. The first kappa shape index (κ1) is 49.6. The summed E-state index contributed by atoms with van der Waals surface area (Å²) in [6.45, 7) is 0. The van der Waals surface area contributed by atoms with E-state index in [1.54, 1.807) is 23.6 Å². The average molecular weight is 1070 g/mol. The summed E-state index contributed by atoms with van der Waals surface area (Å²) >= 11 is 9.63. The van der Waals surface area contributed by atoms with Gasteiger partial charge in [0.25, 0.3) is 0 Å². The summed E-state index contributed by atoms with van der Waals surface area (Å²) in [6.07, 6.45) is 3.52. The molecule has 16 aromatic rings. The zero-order chi connectivity index (χ0) is 52.3. The van der Waals surface area contributed by atoms with Crippen LogP contribution in [0.2, 0.25) is 5.15 Å². The van der Waals surface area contributed by atoms with Gasteiger partial charge in [-0.15, -0.1) is 22.7 Å². The highest BCUT2D eigenvalue weighted by atomic mass is 35.5. The van der Waals surface area contributed by atoms with E-state index in [0.29, 0.717) is 10.6 Å². The standard InChI is InChI=1S/C34H20N2S.C18H13BO2S.C16H9ClN2.CH3/c1-3-14-27-24(11-1)25-12-2-4-15-28(25)33-32(27)35-20-30(36-33)22-10-7-9-21(19-22)23-16-8-17-29-26-13-5-6-18-31(26)37-34(23)29;20-19(21)13-6-3-5-12(11-13)14-8-4-9-16-15-7-1-2-10-17(15)22-18(14)16;17-14-9-18-15-12-7-3-1-5-10(12)11-6-2-4-8-13(11)16(15)19-14;/h1-20H;1-11,20-21H;1-9H;1H3/q;;;-1. The van der Waals surface area contributed by atoms with Gasteiger partial charge in [-0.2, -0.15) is 0 Å². The van der Waals surface area contributed by atoms with Crippen molar-refractivity contribution in [1.82, 2.24) is 19.9 Å². The number of fused-ring (bicyclic) bond motifs is 18. The molecule has 0 bridgehead atoms. The molecule has 376 valence electrons. The van der Waals surface area contributed by atoms with Crippen LogP contribution in [0.25, 0.3) is 139 Å². The molecule has 6 nitrogen and oxygen atoms in total. The van der Waals surface area contributed by atoms with Crippen molar-refractivity contribution in [1.29, 1.82) is 0 Å². The molecule has 0 spiro atoms. The summed E-state index contributed by atoms with van der Waals surface area (Å²) in [5, 5.41) is 33.6. The van der Waals surface area contributed by atoms with E-state index in [9.17, 15) is 10.0 Å². The Morgan fingerprint density at radius 3 is 1.23 bits per heavy atom. The Kier molecular flexibility index (Phi) is 13.1. The second-order valence-electron chi connectivity index (χ2n) is 19.2. The van der Waals surface area contributed by atoms with Crippen LogP contribution in [-0.2, 0) is 0 Å². The maximum absolute atomic E-state index is 9.38. The minimum atomic E-state index is -1.44. The van der Waals surface area contributed by atoms with Crippen LogP contribution in [0.1, 0.15) is 0 Å². The van der Waals surface area contributed by atoms with Gasteiger partial charge in [0.2, 0.25) is 0 Å². The minimum absolute atomic E-state index is 0. The smallest absolute Gasteiger partial charge is 0.423 e. The minimum Gasteiger partial charge on any atom is -0.423 e. The Morgan fingerprint density at radius 1 is 0.342 bits per heavy atom. The van der Waals surface area contributed by atoms with Crippen molar-refractivity contribution < 1.29 is 10.0 Å². The number of nitrogens with zero attached hydrogens (tertiary/aromatic N) is 4. The molecular formula is C69H45BClN4O2S2-. The Labute approximate surface area is 468 Å². The number of thiophene rings is 2. The van der Waals surface area contributed by atoms with Crippen LogP contribution >= 0.6 is 34.3 Å². The predicted octanol–water partition coefficient (Wildman–Crippen LogP) is 18.1. The number of rotatable bonds is 4. The second kappa shape index (κ2) is 20.8. The Balaban J connectivity index is 0.000000120. The van der Waals surface area contributed by atoms with Gasteiger partial charge in [-0.25, -0.2) is 9.97 Å². The molecule has 0 fully saturated rings. The van der Waals surface area contributed by atoms with Gasteiger partial charge in [0.05, 0.1) is 40.2 Å². The van der Waals surface area contributed by atoms with Gasteiger partial charge < -0.3 is 17.5 Å². The number of halogens is 1. The van der Waals surface area contributed by atoms with E-state index in [0.717, 1.165) is 66.0 Å². The van der Waals surface area contributed by atoms with Crippen molar-refractivity contribution in [3.05, 3.63) is 255 Å². The third kappa shape index (κ3) is 8.88. The monoisotopic (exact) mass is 1070 g/mol. The van der Waals surface area contributed by atoms with E-state index in [1.807, 2.05) is 60.0 Å². The molecule has 0 aliphatic carbocycles. The lowest BCUT2D eigenvalue weighted by Gasteiger charge is -2.11. The summed E-state index contributed by atoms with van der Waals surface area (Å²) in [4.78, 5) is 19.1. The van der Waals surface area contributed by atoms with Gasteiger partial charge in [-0.3, -0.25) is 9.97 Å². The molecular weight excluding hydrogens is 1030 g/mol. The summed E-state index contributed by atoms with van der Waals surface area (Å²) in [5.41, 5.74) is 10.7. The second-order valence-corrected chi connectivity index (χ2v) is 21.7. The molecule has 0 amide bonds. The van der Waals surface area contributed by atoms with Gasteiger partial charge in [-0.1, -0.05) is 224 Å². The summed E-state index contributed by atoms with van der Waals surface area (Å²) in [7, 11) is -1.44. The SMILES string of the molecule is Clc1cnc2c3ccccc3c3ccccc3c2n1.OB(O)c1cccc(-c2cccc3c2sc2ccccc23)c1.[CH3-].c1cc(-c2cnc3c4ccccc4c4ccccc4c3n2)cc(-c2cccc3c2sc2ccccc23)c1. The first-order chi connectivity index (χ1) is 38.4. The molecule has 2 N–H and O–H groups in total. The molecule has 79 heavy (non-hydrogen) atoms. The van der Waals surface area contributed by atoms with Crippen molar-refractivity contribution in [3.63, 3.8) is 0 Å². The normalized spacial score (nSPS) is 11.4. The van der Waals surface area contributed by atoms with E-state index in [4.69, 9.17) is 21.6 Å². The lowest BCUT2D eigenvalue weighted by atomic mass is 9.79. The van der Waals surface area contributed by atoms with E-state index in [2.05, 4.69) is 192 Å². The Morgan fingerprint density at radius 2 is 0.722 bits per heavy atom. The quantitative estimate of drug-likeness (QED) is 0.104.